The van der Waals surface area contributed by atoms with E-state index in [2.05, 4.69) is 9.36 Å². The van der Waals surface area contributed by atoms with Crippen LogP contribution in [0.2, 0.25) is 0 Å². The fourth-order valence-electron chi connectivity index (χ4n) is 1.84. The van der Waals surface area contributed by atoms with Gasteiger partial charge in [0.15, 0.2) is 4.34 Å². The van der Waals surface area contributed by atoms with Gasteiger partial charge in [-0.3, -0.25) is 0 Å². The van der Waals surface area contributed by atoms with Crippen LogP contribution in [0.4, 0.5) is 4.39 Å². The fraction of sp³-hybridized carbons (Fsp3) is 0.429. The van der Waals surface area contributed by atoms with E-state index in [4.69, 9.17) is 5.73 Å². The van der Waals surface area contributed by atoms with Gasteiger partial charge in [-0.25, -0.2) is 9.37 Å². The Hall–Kier alpha value is -0.980. The van der Waals surface area contributed by atoms with Crippen LogP contribution in [0.5, 0.6) is 0 Å². The van der Waals surface area contributed by atoms with Crippen molar-refractivity contribution in [3.8, 4) is 0 Å². The van der Waals surface area contributed by atoms with E-state index in [1.165, 1.54) is 29.4 Å². The predicted molar refractivity (Wildman–Crippen MR) is 82.6 cm³/mol. The first kappa shape index (κ1) is 15.4. The van der Waals surface area contributed by atoms with Crippen molar-refractivity contribution in [2.24, 2.45) is 5.73 Å². The molecule has 0 bridgehead atoms. The van der Waals surface area contributed by atoms with Crippen LogP contribution in [0, 0.1) is 5.82 Å². The third-order valence-corrected chi connectivity index (χ3v) is 5.28. The number of hydrogen-bond acceptors (Lipinski definition) is 5. The maximum atomic E-state index is 14.0. The highest BCUT2D eigenvalue weighted by Gasteiger charge is 2.24. The van der Waals surface area contributed by atoms with Gasteiger partial charge in [-0.2, -0.15) is 4.37 Å². The van der Waals surface area contributed by atoms with Crippen molar-refractivity contribution >= 4 is 23.3 Å². The van der Waals surface area contributed by atoms with Crippen molar-refractivity contribution < 1.29 is 4.39 Å². The molecule has 0 fully saturated rings. The Balaban J connectivity index is 2.26. The van der Waals surface area contributed by atoms with Crippen LogP contribution < -0.4 is 5.73 Å². The molecule has 20 heavy (non-hydrogen) atoms. The summed E-state index contributed by atoms with van der Waals surface area (Å²) < 4.78 is 19.1. The number of aromatic nitrogens is 2. The van der Waals surface area contributed by atoms with E-state index in [0.717, 1.165) is 23.0 Å². The quantitative estimate of drug-likeness (QED) is 0.824. The molecule has 2 unspecified atom stereocenters. The molecule has 2 aromatic rings. The van der Waals surface area contributed by atoms with Crippen molar-refractivity contribution in [3.63, 3.8) is 0 Å². The number of benzene rings is 1. The highest BCUT2D eigenvalue weighted by Crippen LogP contribution is 2.39. The summed E-state index contributed by atoms with van der Waals surface area (Å²) in [6.45, 7) is 4.03. The predicted octanol–water partition coefficient (Wildman–Crippen LogP) is 3.81. The lowest BCUT2D eigenvalue weighted by molar-refractivity contribution is 0.572. The van der Waals surface area contributed by atoms with E-state index >= 15 is 0 Å². The SMILES string of the molecule is CCc1nsc(SC(c2ccccc2F)C(N)CC)n1. The number of nitrogens with zero attached hydrogens (tertiary/aromatic N) is 2. The van der Waals surface area contributed by atoms with E-state index < -0.39 is 0 Å². The molecule has 2 atom stereocenters. The molecule has 0 aliphatic rings. The van der Waals surface area contributed by atoms with Crippen LogP contribution in [-0.2, 0) is 6.42 Å². The minimum atomic E-state index is -0.214. The first-order valence-corrected chi connectivity index (χ1v) is 8.30. The molecule has 108 valence electrons. The molecule has 0 saturated heterocycles. The Morgan fingerprint density at radius 2 is 2.10 bits per heavy atom. The number of aryl methyl sites for hydroxylation is 1. The van der Waals surface area contributed by atoms with Gasteiger partial charge in [0, 0.05) is 18.0 Å². The zero-order valence-electron chi connectivity index (χ0n) is 11.5. The topological polar surface area (TPSA) is 51.8 Å². The Kier molecular flexibility index (Phi) is 5.51. The molecule has 0 spiro atoms. The number of rotatable bonds is 6. The Morgan fingerprint density at radius 3 is 2.70 bits per heavy atom. The number of hydrogen-bond donors (Lipinski definition) is 1. The lowest BCUT2D eigenvalue weighted by Crippen LogP contribution is -2.26. The summed E-state index contributed by atoms with van der Waals surface area (Å²) in [6, 6.07) is 6.68. The van der Waals surface area contributed by atoms with Crippen LogP contribution in [-0.4, -0.2) is 15.4 Å². The second-order valence-corrected chi connectivity index (χ2v) is 6.60. The molecule has 6 heteroatoms. The molecule has 0 aliphatic carbocycles. The summed E-state index contributed by atoms with van der Waals surface area (Å²) in [5.74, 6) is 0.615. The number of halogens is 1. The summed E-state index contributed by atoms with van der Waals surface area (Å²) in [4.78, 5) is 4.43. The van der Waals surface area contributed by atoms with Gasteiger partial charge in [-0.05, 0) is 24.0 Å². The molecular formula is C14H18FN3S2. The Labute approximate surface area is 127 Å². The van der Waals surface area contributed by atoms with Gasteiger partial charge in [-0.1, -0.05) is 43.8 Å². The van der Waals surface area contributed by atoms with Crippen molar-refractivity contribution in [1.29, 1.82) is 0 Å². The molecular weight excluding hydrogens is 293 g/mol. The van der Waals surface area contributed by atoms with Crippen LogP contribution >= 0.6 is 23.3 Å². The summed E-state index contributed by atoms with van der Waals surface area (Å²) in [5.41, 5.74) is 6.81. The molecule has 0 saturated carbocycles. The van der Waals surface area contributed by atoms with Crippen molar-refractivity contribution in [2.45, 2.75) is 42.3 Å². The Morgan fingerprint density at radius 1 is 1.35 bits per heavy atom. The van der Waals surface area contributed by atoms with E-state index in [9.17, 15) is 4.39 Å². The normalized spacial score (nSPS) is 14.2. The summed E-state index contributed by atoms with van der Waals surface area (Å²) in [7, 11) is 0. The Bertz CT molecular complexity index is 559. The largest absolute Gasteiger partial charge is 0.326 e. The summed E-state index contributed by atoms with van der Waals surface area (Å²) >= 11 is 2.86. The van der Waals surface area contributed by atoms with Gasteiger partial charge in [0.2, 0.25) is 0 Å². The van der Waals surface area contributed by atoms with Gasteiger partial charge in [-0.15, -0.1) is 0 Å². The van der Waals surface area contributed by atoms with Gasteiger partial charge < -0.3 is 5.73 Å². The third-order valence-electron chi connectivity index (χ3n) is 3.07. The second-order valence-electron chi connectivity index (χ2n) is 4.46. The molecule has 1 heterocycles. The molecule has 3 nitrogen and oxygen atoms in total. The lowest BCUT2D eigenvalue weighted by atomic mass is 10.0. The van der Waals surface area contributed by atoms with E-state index in [1.54, 1.807) is 12.1 Å². The highest BCUT2D eigenvalue weighted by atomic mass is 32.2. The maximum Gasteiger partial charge on any atom is 0.170 e. The van der Waals surface area contributed by atoms with Gasteiger partial charge in [0.1, 0.15) is 11.6 Å². The lowest BCUT2D eigenvalue weighted by Gasteiger charge is -2.22. The standard InChI is InChI=1S/C14H18FN3S2/c1-3-11(16)13(9-7-5-6-8-10(9)15)19-14-17-12(4-2)18-20-14/h5-8,11,13H,3-4,16H2,1-2H3. The molecule has 2 N–H and O–H groups in total. The van der Waals surface area contributed by atoms with E-state index in [0.29, 0.717) is 5.56 Å². The maximum absolute atomic E-state index is 14.0. The van der Waals surface area contributed by atoms with Crippen molar-refractivity contribution in [3.05, 3.63) is 41.5 Å². The zero-order chi connectivity index (χ0) is 14.5. The van der Waals surface area contributed by atoms with Crippen molar-refractivity contribution in [2.75, 3.05) is 0 Å². The monoisotopic (exact) mass is 311 g/mol. The van der Waals surface area contributed by atoms with Gasteiger partial charge >= 0.3 is 0 Å². The highest BCUT2D eigenvalue weighted by molar-refractivity contribution is 8.01. The molecule has 2 rings (SSSR count). The van der Waals surface area contributed by atoms with Crippen LogP contribution in [0.25, 0.3) is 0 Å². The molecule has 1 aromatic carbocycles. The van der Waals surface area contributed by atoms with Crippen molar-refractivity contribution in [1.82, 2.24) is 9.36 Å². The smallest absolute Gasteiger partial charge is 0.170 e. The molecule has 1 aromatic heterocycles. The van der Waals surface area contributed by atoms with Crippen LogP contribution in [0.3, 0.4) is 0 Å². The molecule has 0 amide bonds. The number of nitrogens with two attached hydrogens (primary N) is 1. The van der Waals surface area contributed by atoms with E-state index in [-0.39, 0.29) is 17.1 Å². The summed E-state index contributed by atoms with van der Waals surface area (Å²) in [5, 5.41) is -0.140. The average molecular weight is 311 g/mol. The fourth-order valence-corrected chi connectivity index (χ4v) is 3.99. The molecule has 0 aliphatic heterocycles. The number of thioether (sulfide) groups is 1. The van der Waals surface area contributed by atoms with E-state index in [1.807, 2.05) is 19.9 Å². The minimum Gasteiger partial charge on any atom is -0.326 e. The first-order chi connectivity index (χ1) is 9.65. The average Bonchev–Trinajstić information content (AvgIpc) is 2.92. The van der Waals surface area contributed by atoms with Crippen LogP contribution in [0.1, 0.15) is 36.9 Å². The molecule has 0 radical (unpaired) electrons. The minimum absolute atomic E-state index is 0.120. The summed E-state index contributed by atoms with van der Waals surface area (Å²) in [6.07, 6.45) is 1.59. The second kappa shape index (κ2) is 7.15. The first-order valence-electron chi connectivity index (χ1n) is 6.65. The van der Waals surface area contributed by atoms with Gasteiger partial charge in [0.05, 0.1) is 5.25 Å². The van der Waals surface area contributed by atoms with Crippen LogP contribution in [0.15, 0.2) is 28.6 Å². The zero-order valence-corrected chi connectivity index (χ0v) is 13.2. The van der Waals surface area contributed by atoms with Gasteiger partial charge in [0.25, 0.3) is 0 Å². The third kappa shape index (κ3) is 3.56.